The Kier molecular flexibility index (Phi) is 5.75. The molecule has 0 atom stereocenters. The summed E-state index contributed by atoms with van der Waals surface area (Å²) in [6.45, 7) is 7.89. The van der Waals surface area contributed by atoms with Crippen molar-refractivity contribution in [3.63, 3.8) is 0 Å². The molecule has 0 unspecified atom stereocenters. The Morgan fingerprint density at radius 1 is 1.23 bits per heavy atom. The first-order chi connectivity index (χ1) is 14.9. The van der Waals surface area contributed by atoms with Gasteiger partial charge in [0, 0.05) is 12.7 Å². The largest absolute Gasteiger partial charge is 0.438 e. The molecule has 0 saturated carbocycles. The molecule has 1 aliphatic rings. The average Bonchev–Trinajstić information content (AvgIpc) is 3.00. The summed E-state index contributed by atoms with van der Waals surface area (Å²) in [6, 6.07) is 11.0. The van der Waals surface area contributed by atoms with Crippen LogP contribution in [0.15, 0.2) is 64.9 Å². The van der Waals surface area contributed by atoms with Crippen molar-refractivity contribution < 1.29 is 9.53 Å². The number of pyridine rings is 1. The van der Waals surface area contributed by atoms with Crippen molar-refractivity contribution in [3.05, 3.63) is 87.2 Å². The molecule has 8 heteroatoms. The van der Waals surface area contributed by atoms with Gasteiger partial charge in [0.2, 0.25) is 5.88 Å². The van der Waals surface area contributed by atoms with Crippen LogP contribution in [0.5, 0.6) is 11.6 Å². The fraction of sp³-hybridized carbons (Fsp3) is 0.130. The number of aryl methyl sites for hydroxylation is 2. The summed E-state index contributed by atoms with van der Waals surface area (Å²) >= 11 is 6.44. The predicted molar refractivity (Wildman–Crippen MR) is 128 cm³/mol. The van der Waals surface area contributed by atoms with Crippen molar-refractivity contribution in [2.75, 3.05) is 6.54 Å². The number of carbonyl (C=O) groups is 1. The van der Waals surface area contributed by atoms with E-state index in [9.17, 15) is 9.59 Å². The number of amides is 1. The van der Waals surface area contributed by atoms with Crippen LogP contribution < -0.4 is 10.3 Å². The highest BCUT2D eigenvalue weighted by molar-refractivity contribution is 8.26. The van der Waals surface area contributed by atoms with E-state index in [0.717, 1.165) is 22.9 Å². The molecule has 1 saturated heterocycles. The SMILES string of the molecule is C=CCN1C(=O)/C(=C\c2c(Oc3ccc(C)cc3C)nc3ccccn3c2=O)SC1=S. The summed E-state index contributed by atoms with van der Waals surface area (Å²) in [6.07, 6.45) is 4.75. The van der Waals surface area contributed by atoms with Gasteiger partial charge in [-0.05, 0) is 43.7 Å². The minimum absolute atomic E-state index is 0.136. The lowest BCUT2D eigenvalue weighted by Crippen LogP contribution is -2.28. The zero-order valence-corrected chi connectivity index (χ0v) is 18.6. The van der Waals surface area contributed by atoms with Crippen LogP contribution in [-0.2, 0) is 4.79 Å². The van der Waals surface area contributed by atoms with Crippen molar-refractivity contribution in [1.82, 2.24) is 14.3 Å². The highest BCUT2D eigenvalue weighted by atomic mass is 32.2. The van der Waals surface area contributed by atoms with E-state index in [0.29, 0.717) is 27.2 Å². The van der Waals surface area contributed by atoms with Crippen LogP contribution in [0.1, 0.15) is 16.7 Å². The van der Waals surface area contributed by atoms with Crippen molar-refractivity contribution >= 4 is 45.9 Å². The lowest BCUT2D eigenvalue weighted by molar-refractivity contribution is -0.121. The highest BCUT2D eigenvalue weighted by Gasteiger charge is 2.32. The summed E-state index contributed by atoms with van der Waals surface area (Å²) < 4.78 is 7.92. The van der Waals surface area contributed by atoms with Crippen LogP contribution in [-0.4, -0.2) is 31.1 Å². The van der Waals surface area contributed by atoms with Gasteiger partial charge in [-0.3, -0.25) is 18.9 Å². The number of fused-ring (bicyclic) bond motifs is 1. The van der Waals surface area contributed by atoms with Crippen LogP contribution in [0.25, 0.3) is 11.7 Å². The number of ether oxygens (including phenoxy) is 1. The maximum Gasteiger partial charge on any atom is 0.269 e. The Balaban J connectivity index is 1.87. The van der Waals surface area contributed by atoms with E-state index in [4.69, 9.17) is 17.0 Å². The van der Waals surface area contributed by atoms with Crippen molar-refractivity contribution in [2.45, 2.75) is 13.8 Å². The molecule has 0 radical (unpaired) electrons. The van der Waals surface area contributed by atoms with Gasteiger partial charge in [0.25, 0.3) is 11.5 Å². The quantitative estimate of drug-likeness (QED) is 0.325. The van der Waals surface area contributed by atoms with E-state index < -0.39 is 0 Å². The molecule has 6 nitrogen and oxygen atoms in total. The first kappa shape index (κ1) is 21.0. The summed E-state index contributed by atoms with van der Waals surface area (Å²) in [7, 11) is 0. The number of hydrogen-bond donors (Lipinski definition) is 0. The fourth-order valence-corrected chi connectivity index (χ4v) is 4.48. The summed E-state index contributed by atoms with van der Waals surface area (Å²) in [4.78, 5) is 32.4. The topological polar surface area (TPSA) is 63.9 Å². The third-order valence-corrected chi connectivity index (χ3v) is 6.11. The first-order valence-corrected chi connectivity index (χ1v) is 10.7. The molecule has 1 fully saturated rings. The number of aromatic nitrogens is 2. The molecule has 0 aliphatic carbocycles. The highest BCUT2D eigenvalue weighted by Crippen LogP contribution is 2.34. The molecule has 0 spiro atoms. The third kappa shape index (κ3) is 4.04. The second-order valence-corrected chi connectivity index (χ2v) is 8.69. The maximum atomic E-state index is 13.3. The van der Waals surface area contributed by atoms with Crippen LogP contribution in [0.3, 0.4) is 0 Å². The Hall–Kier alpha value is -3.23. The summed E-state index contributed by atoms with van der Waals surface area (Å²) in [5, 5.41) is 0. The zero-order chi connectivity index (χ0) is 22.1. The molecule has 3 aromatic rings. The van der Waals surface area contributed by atoms with Gasteiger partial charge in [0.1, 0.15) is 21.3 Å². The van der Waals surface area contributed by atoms with Gasteiger partial charge in [-0.1, -0.05) is 53.8 Å². The molecular weight excluding hydrogens is 430 g/mol. The standard InChI is InChI=1S/C23H19N3O3S2/c1-4-10-26-22(28)18(31-23(26)30)13-16-20(29-17-9-8-14(2)12-15(17)3)24-19-7-5-6-11-25(19)21(16)27/h4-9,11-13H,1,10H2,2-3H3/b18-13+. The van der Waals surface area contributed by atoms with Gasteiger partial charge < -0.3 is 4.74 Å². The Bertz CT molecular complexity index is 1330. The number of rotatable bonds is 5. The molecule has 3 heterocycles. The van der Waals surface area contributed by atoms with E-state index in [1.54, 1.807) is 30.5 Å². The van der Waals surface area contributed by atoms with Gasteiger partial charge in [0.05, 0.1) is 4.91 Å². The molecule has 2 aromatic heterocycles. The van der Waals surface area contributed by atoms with Crippen LogP contribution in [0.4, 0.5) is 0 Å². The van der Waals surface area contributed by atoms with E-state index in [1.165, 1.54) is 15.4 Å². The first-order valence-electron chi connectivity index (χ1n) is 9.52. The molecule has 1 aliphatic heterocycles. The van der Waals surface area contributed by atoms with Crippen LogP contribution in [0.2, 0.25) is 0 Å². The molecular formula is C23H19N3O3S2. The third-order valence-electron chi connectivity index (χ3n) is 4.73. The summed E-state index contributed by atoms with van der Waals surface area (Å²) in [5.41, 5.74) is 2.31. The van der Waals surface area contributed by atoms with Crippen LogP contribution in [0, 0.1) is 13.8 Å². The summed E-state index contributed by atoms with van der Waals surface area (Å²) in [5.74, 6) is 0.453. The molecule has 156 valence electrons. The lowest BCUT2D eigenvalue weighted by Gasteiger charge is -2.12. The number of nitrogens with zero attached hydrogens (tertiary/aromatic N) is 3. The van der Waals surface area contributed by atoms with E-state index in [1.807, 2.05) is 32.0 Å². The minimum Gasteiger partial charge on any atom is -0.438 e. The molecule has 0 N–H and O–H groups in total. The smallest absolute Gasteiger partial charge is 0.269 e. The van der Waals surface area contributed by atoms with Crippen molar-refractivity contribution in [3.8, 4) is 11.6 Å². The Morgan fingerprint density at radius 2 is 2.03 bits per heavy atom. The van der Waals surface area contributed by atoms with Gasteiger partial charge in [-0.25, -0.2) is 0 Å². The number of thioether (sulfide) groups is 1. The zero-order valence-electron chi connectivity index (χ0n) is 17.0. The second kappa shape index (κ2) is 8.49. The van der Waals surface area contributed by atoms with Crippen molar-refractivity contribution in [1.29, 1.82) is 0 Å². The number of carbonyl (C=O) groups excluding carboxylic acids is 1. The molecule has 1 aromatic carbocycles. The minimum atomic E-state index is -0.334. The van der Waals surface area contributed by atoms with Crippen molar-refractivity contribution in [2.24, 2.45) is 0 Å². The van der Waals surface area contributed by atoms with E-state index in [-0.39, 0.29) is 22.9 Å². The predicted octanol–water partition coefficient (Wildman–Crippen LogP) is 4.49. The van der Waals surface area contributed by atoms with Gasteiger partial charge >= 0.3 is 0 Å². The normalized spacial score (nSPS) is 15.2. The van der Waals surface area contributed by atoms with Gasteiger partial charge in [0.15, 0.2) is 0 Å². The van der Waals surface area contributed by atoms with E-state index >= 15 is 0 Å². The molecule has 4 rings (SSSR count). The molecule has 0 bridgehead atoms. The number of hydrogen-bond acceptors (Lipinski definition) is 6. The maximum absolute atomic E-state index is 13.3. The lowest BCUT2D eigenvalue weighted by atomic mass is 10.1. The van der Waals surface area contributed by atoms with Gasteiger partial charge in [-0.2, -0.15) is 4.98 Å². The second-order valence-electron chi connectivity index (χ2n) is 7.02. The number of thiocarbonyl (C=S) groups is 1. The van der Waals surface area contributed by atoms with E-state index in [2.05, 4.69) is 11.6 Å². The molecule has 1 amide bonds. The Morgan fingerprint density at radius 3 is 2.77 bits per heavy atom. The van der Waals surface area contributed by atoms with Crippen LogP contribution >= 0.6 is 24.0 Å². The fourth-order valence-electron chi connectivity index (χ4n) is 3.22. The average molecular weight is 450 g/mol. The molecule has 31 heavy (non-hydrogen) atoms. The Labute approximate surface area is 188 Å². The van der Waals surface area contributed by atoms with Gasteiger partial charge in [-0.15, -0.1) is 6.58 Å². The number of benzene rings is 1. The monoisotopic (exact) mass is 449 g/mol.